The van der Waals surface area contributed by atoms with Gasteiger partial charge in [0.2, 0.25) is 0 Å². The molecule has 2 heteroatoms. The lowest BCUT2D eigenvalue weighted by molar-refractivity contribution is 0.175. The summed E-state index contributed by atoms with van der Waals surface area (Å²) in [5.41, 5.74) is 9.37. The summed E-state index contributed by atoms with van der Waals surface area (Å²) in [6, 6.07) is 10.8. The first-order valence-electron chi connectivity index (χ1n) is 8.28. The van der Waals surface area contributed by atoms with Crippen molar-refractivity contribution in [2.45, 2.75) is 70.0 Å². The van der Waals surface area contributed by atoms with Crippen LogP contribution in [0.15, 0.2) is 24.3 Å². The van der Waals surface area contributed by atoms with E-state index in [0.717, 1.165) is 6.04 Å². The van der Waals surface area contributed by atoms with Gasteiger partial charge in [-0.05, 0) is 49.3 Å². The molecule has 2 nitrogen and oxygen atoms in total. The third-order valence-corrected chi connectivity index (χ3v) is 4.93. The Bertz CT molecular complexity index is 433. The predicted molar refractivity (Wildman–Crippen MR) is 84.8 cm³/mol. The number of rotatable bonds is 3. The molecule has 0 amide bonds. The van der Waals surface area contributed by atoms with E-state index in [0.29, 0.717) is 18.0 Å². The maximum atomic E-state index is 6.52. The summed E-state index contributed by atoms with van der Waals surface area (Å²) in [6.07, 6.45) is 6.50. The van der Waals surface area contributed by atoms with Crippen LogP contribution in [0.5, 0.6) is 0 Å². The van der Waals surface area contributed by atoms with Gasteiger partial charge < -0.3 is 5.73 Å². The smallest absolute Gasteiger partial charge is 0.0502 e. The third kappa shape index (κ3) is 2.91. The summed E-state index contributed by atoms with van der Waals surface area (Å²) in [6.45, 7) is 5.74. The van der Waals surface area contributed by atoms with Gasteiger partial charge in [-0.3, -0.25) is 4.90 Å². The molecule has 2 aliphatic rings. The molecule has 2 N–H and O–H groups in total. The quantitative estimate of drug-likeness (QED) is 0.906. The van der Waals surface area contributed by atoms with E-state index in [1.807, 2.05) is 0 Å². The topological polar surface area (TPSA) is 29.3 Å². The maximum absolute atomic E-state index is 6.52. The Morgan fingerprint density at radius 1 is 1.05 bits per heavy atom. The second-order valence-electron chi connectivity index (χ2n) is 6.89. The number of likely N-dealkylation sites (tertiary alicyclic amines) is 1. The van der Waals surface area contributed by atoms with Gasteiger partial charge in [-0.15, -0.1) is 0 Å². The molecule has 2 unspecified atom stereocenters. The fourth-order valence-electron chi connectivity index (χ4n) is 3.55. The van der Waals surface area contributed by atoms with Crippen molar-refractivity contribution in [1.82, 2.24) is 4.90 Å². The van der Waals surface area contributed by atoms with Crippen LogP contribution in [0, 0.1) is 0 Å². The van der Waals surface area contributed by atoms with Gasteiger partial charge in [0.1, 0.15) is 0 Å². The molecule has 2 fully saturated rings. The fourth-order valence-corrected chi connectivity index (χ4v) is 3.55. The van der Waals surface area contributed by atoms with Gasteiger partial charge in [0.05, 0.1) is 6.04 Å². The summed E-state index contributed by atoms with van der Waals surface area (Å²) in [7, 11) is 0. The first-order chi connectivity index (χ1) is 9.66. The molecule has 1 aromatic carbocycles. The van der Waals surface area contributed by atoms with E-state index in [1.54, 1.807) is 0 Å². The summed E-state index contributed by atoms with van der Waals surface area (Å²) in [5, 5.41) is 0. The van der Waals surface area contributed by atoms with Gasteiger partial charge in [-0.1, -0.05) is 44.5 Å². The van der Waals surface area contributed by atoms with Crippen LogP contribution in [0.2, 0.25) is 0 Å². The number of benzene rings is 1. The van der Waals surface area contributed by atoms with Gasteiger partial charge in [-0.25, -0.2) is 0 Å². The van der Waals surface area contributed by atoms with Crippen molar-refractivity contribution in [3.63, 3.8) is 0 Å². The SMILES string of the molecule is CC(C)c1ccc(C2C(N)CCCCN2C2CC2)cc1. The van der Waals surface area contributed by atoms with Crippen LogP contribution in [0.1, 0.15) is 69.0 Å². The summed E-state index contributed by atoms with van der Waals surface area (Å²) >= 11 is 0. The van der Waals surface area contributed by atoms with Crippen molar-refractivity contribution < 1.29 is 0 Å². The van der Waals surface area contributed by atoms with E-state index < -0.39 is 0 Å². The molecule has 110 valence electrons. The highest BCUT2D eigenvalue weighted by atomic mass is 15.2. The molecule has 1 saturated heterocycles. The minimum Gasteiger partial charge on any atom is -0.326 e. The van der Waals surface area contributed by atoms with Crippen molar-refractivity contribution in [1.29, 1.82) is 0 Å². The molecule has 1 saturated carbocycles. The summed E-state index contributed by atoms with van der Waals surface area (Å²) < 4.78 is 0. The van der Waals surface area contributed by atoms with Crippen LogP contribution in [0.3, 0.4) is 0 Å². The van der Waals surface area contributed by atoms with Crippen LogP contribution in [-0.2, 0) is 0 Å². The van der Waals surface area contributed by atoms with Crippen LogP contribution < -0.4 is 5.73 Å². The van der Waals surface area contributed by atoms with Gasteiger partial charge in [0, 0.05) is 12.1 Å². The number of nitrogens with two attached hydrogens (primary N) is 1. The Kier molecular flexibility index (Phi) is 4.13. The van der Waals surface area contributed by atoms with Crippen molar-refractivity contribution in [3.8, 4) is 0 Å². The second-order valence-corrected chi connectivity index (χ2v) is 6.89. The first kappa shape index (κ1) is 14.1. The molecule has 0 spiro atoms. The van der Waals surface area contributed by atoms with Crippen LogP contribution in [-0.4, -0.2) is 23.5 Å². The minimum absolute atomic E-state index is 0.294. The monoisotopic (exact) mass is 272 g/mol. The highest BCUT2D eigenvalue weighted by Gasteiger charge is 2.38. The van der Waals surface area contributed by atoms with Crippen LogP contribution in [0.4, 0.5) is 0 Å². The van der Waals surface area contributed by atoms with Gasteiger partial charge in [0.25, 0.3) is 0 Å². The fraction of sp³-hybridized carbons (Fsp3) is 0.667. The highest BCUT2D eigenvalue weighted by Crippen LogP contribution is 2.38. The zero-order chi connectivity index (χ0) is 14.1. The van der Waals surface area contributed by atoms with Crippen molar-refractivity contribution >= 4 is 0 Å². The van der Waals surface area contributed by atoms with Gasteiger partial charge >= 0.3 is 0 Å². The van der Waals surface area contributed by atoms with E-state index >= 15 is 0 Å². The average Bonchev–Trinajstić information content (AvgIpc) is 3.26. The van der Waals surface area contributed by atoms with E-state index in [1.165, 1.54) is 49.8 Å². The van der Waals surface area contributed by atoms with E-state index in [9.17, 15) is 0 Å². The van der Waals surface area contributed by atoms with Crippen LogP contribution >= 0.6 is 0 Å². The molecule has 1 heterocycles. The van der Waals surface area contributed by atoms with E-state index in [-0.39, 0.29) is 0 Å². The molecule has 1 aromatic rings. The normalized spacial score (nSPS) is 28.6. The Morgan fingerprint density at radius 2 is 1.75 bits per heavy atom. The van der Waals surface area contributed by atoms with Gasteiger partial charge in [-0.2, -0.15) is 0 Å². The molecule has 0 radical (unpaired) electrons. The average molecular weight is 272 g/mol. The second kappa shape index (κ2) is 5.87. The lowest BCUT2D eigenvalue weighted by Gasteiger charge is -2.34. The van der Waals surface area contributed by atoms with E-state index in [2.05, 4.69) is 43.0 Å². The molecule has 0 bridgehead atoms. The first-order valence-corrected chi connectivity index (χ1v) is 8.28. The highest BCUT2D eigenvalue weighted by molar-refractivity contribution is 5.28. The Morgan fingerprint density at radius 3 is 2.35 bits per heavy atom. The van der Waals surface area contributed by atoms with Crippen LogP contribution in [0.25, 0.3) is 0 Å². The van der Waals surface area contributed by atoms with E-state index in [4.69, 9.17) is 5.73 Å². The summed E-state index contributed by atoms with van der Waals surface area (Å²) in [5.74, 6) is 0.603. The zero-order valence-electron chi connectivity index (χ0n) is 12.9. The predicted octanol–water partition coefficient (Wildman–Crippen LogP) is 3.83. The Balaban J connectivity index is 1.86. The lowest BCUT2D eigenvalue weighted by atomic mass is 9.93. The zero-order valence-corrected chi connectivity index (χ0v) is 12.9. The lowest BCUT2D eigenvalue weighted by Crippen LogP contribution is -2.41. The molecule has 2 atom stereocenters. The molecule has 1 aliphatic carbocycles. The standard InChI is InChI=1S/C18H28N2/c1-13(2)14-6-8-15(9-7-14)18-17(19)5-3-4-12-20(18)16-10-11-16/h6-9,13,16-18H,3-5,10-12,19H2,1-2H3. The minimum atomic E-state index is 0.294. The Hall–Kier alpha value is -0.860. The largest absolute Gasteiger partial charge is 0.326 e. The molecule has 20 heavy (non-hydrogen) atoms. The molecular formula is C18H28N2. The van der Waals surface area contributed by atoms with Crippen molar-refractivity contribution in [3.05, 3.63) is 35.4 Å². The van der Waals surface area contributed by atoms with Crippen molar-refractivity contribution in [2.24, 2.45) is 5.73 Å². The maximum Gasteiger partial charge on any atom is 0.0502 e. The Labute approximate surface area is 123 Å². The molecule has 1 aliphatic heterocycles. The summed E-state index contributed by atoms with van der Waals surface area (Å²) in [4.78, 5) is 2.70. The molecular weight excluding hydrogens is 244 g/mol. The molecule has 0 aromatic heterocycles. The van der Waals surface area contributed by atoms with Crippen molar-refractivity contribution in [2.75, 3.05) is 6.54 Å². The molecule has 3 rings (SSSR count). The third-order valence-electron chi connectivity index (χ3n) is 4.93. The van der Waals surface area contributed by atoms with Gasteiger partial charge in [0.15, 0.2) is 0 Å². The number of nitrogens with zero attached hydrogens (tertiary/aromatic N) is 1. The number of hydrogen-bond donors (Lipinski definition) is 1. The number of hydrogen-bond acceptors (Lipinski definition) is 2.